The Labute approximate surface area is 82.6 Å². The highest BCUT2D eigenvalue weighted by atomic mass is 32.2. The molecule has 1 aromatic rings. The molecule has 0 aliphatic carbocycles. The first-order chi connectivity index (χ1) is 6.45. The molecule has 1 atom stereocenters. The number of rotatable bonds is 3. The van der Waals surface area contributed by atoms with Gasteiger partial charge >= 0.3 is 0 Å². The zero-order valence-corrected chi connectivity index (χ0v) is 8.39. The fraction of sp³-hybridized carbons (Fsp3) is 0.600. The van der Waals surface area contributed by atoms with Gasteiger partial charge in [-0.3, -0.25) is 0 Å². The first kappa shape index (κ1) is 9.16. The normalized spacial score (nSPS) is 23.2. The predicted molar refractivity (Wildman–Crippen MR) is 53.6 cm³/mol. The highest BCUT2D eigenvalue weighted by molar-refractivity contribution is 7.98. The van der Waals surface area contributed by atoms with Crippen LogP contribution in [0.5, 0.6) is 0 Å². The second-order valence-electron chi connectivity index (χ2n) is 3.19. The minimum Gasteiger partial charge on any atom is -0.468 e. The van der Waals surface area contributed by atoms with E-state index in [1.54, 1.807) is 6.26 Å². The molecule has 0 amide bonds. The molecule has 0 aromatic carbocycles. The van der Waals surface area contributed by atoms with Crippen LogP contribution in [0.25, 0.3) is 0 Å². The summed E-state index contributed by atoms with van der Waals surface area (Å²) in [6.07, 6.45) is 5.43. The van der Waals surface area contributed by atoms with Gasteiger partial charge in [0.1, 0.15) is 11.2 Å². The third-order valence-corrected chi connectivity index (χ3v) is 3.32. The summed E-state index contributed by atoms with van der Waals surface area (Å²) in [6.45, 7) is 0.926. The van der Waals surface area contributed by atoms with Gasteiger partial charge in [-0.1, -0.05) is 0 Å². The van der Waals surface area contributed by atoms with Crippen LogP contribution in [0.2, 0.25) is 0 Å². The molecule has 0 saturated carbocycles. The number of hydrogen-bond donors (Lipinski definition) is 0. The van der Waals surface area contributed by atoms with E-state index < -0.39 is 0 Å². The number of hydrogen-bond acceptors (Lipinski definition) is 3. The fourth-order valence-corrected chi connectivity index (χ4v) is 2.45. The van der Waals surface area contributed by atoms with Gasteiger partial charge in [0.15, 0.2) is 0 Å². The van der Waals surface area contributed by atoms with Crippen LogP contribution in [0.3, 0.4) is 0 Å². The minimum absolute atomic E-state index is 0.388. The zero-order chi connectivity index (χ0) is 8.93. The van der Waals surface area contributed by atoms with Crippen molar-refractivity contribution in [3.63, 3.8) is 0 Å². The van der Waals surface area contributed by atoms with Crippen LogP contribution in [-0.4, -0.2) is 12.0 Å². The van der Waals surface area contributed by atoms with Crippen LogP contribution in [0.4, 0.5) is 0 Å². The van der Waals surface area contributed by atoms with Gasteiger partial charge in [0.25, 0.3) is 0 Å². The smallest absolute Gasteiger partial charge is 0.113 e. The molecule has 72 valence electrons. The Kier molecular flexibility index (Phi) is 3.33. The molecule has 1 fully saturated rings. The summed E-state index contributed by atoms with van der Waals surface area (Å²) < 4.78 is 10.8. The zero-order valence-electron chi connectivity index (χ0n) is 7.57. The van der Waals surface area contributed by atoms with Crippen LogP contribution in [0.1, 0.15) is 25.0 Å². The van der Waals surface area contributed by atoms with E-state index in [2.05, 4.69) is 0 Å². The Morgan fingerprint density at radius 3 is 3.15 bits per heavy atom. The Bertz CT molecular complexity index is 227. The lowest BCUT2D eigenvalue weighted by molar-refractivity contribution is 0.0727. The highest BCUT2D eigenvalue weighted by Gasteiger charge is 2.14. The van der Waals surface area contributed by atoms with Crippen molar-refractivity contribution in [2.45, 2.75) is 30.5 Å². The van der Waals surface area contributed by atoms with Crippen molar-refractivity contribution in [3.8, 4) is 0 Å². The molecule has 3 heteroatoms. The van der Waals surface area contributed by atoms with E-state index in [4.69, 9.17) is 9.15 Å². The Balaban J connectivity index is 1.72. The molecule has 1 unspecified atom stereocenters. The first-order valence-electron chi connectivity index (χ1n) is 4.71. The molecule has 0 N–H and O–H groups in total. The molecule has 0 radical (unpaired) electrons. The topological polar surface area (TPSA) is 22.4 Å². The molecule has 13 heavy (non-hydrogen) atoms. The van der Waals surface area contributed by atoms with Gasteiger partial charge in [-0.2, -0.15) is 0 Å². The van der Waals surface area contributed by atoms with Crippen molar-refractivity contribution in [2.24, 2.45) is 0 Å². The van der Waals surface area contributed by atoms with Crippen LogP contribution in [0, 0.1) is 0 Å². The Hall–Kier alpha value is -0.410. The maximum absolute atomic E-state index is 5.60. The molecule has 1 aromatic heterocycles. The van der Waals surface area contributed by atoms with E-state index in [-0.39, 0.29) is 0 Å². The van der Waals surface area contributed by atoms with Gasteiger partial charge in [0.05, 0.1) is 12.0 Å². The van der Waals surface area contributed by atoms with E-state index in [1.165, 1.54) is 19.3 Å². The third-order valence-electron chi connectivity index (χ3n) is 2.13. The quantitative estimate of drug-likeness (QED) is 0.745. The molecule has 1 aliphatic heterocycles. The molecule has 2 heterocycles. The van der Waals surface area contributed by atoms with Crippen molar-refractivity contribution in [1.29, 1.82) is 0 Å². The van der Waals surface area contributed by atoms with E-state index >= 15 is 0 Å². The van der Waals surface area contributed by atoms with Crippen LogP contribution < -0.4 is 0 Å². The molecular weight excluding hydrogens is 184 g/mol. The van der Waals surface area contributed by atoms with Gasteiger partial charge in [-0.05, 0) is 31.4 Å². The summed E-state index contributed by atoms with van der Waals surface area (Å²) in [5.41, 5.74) is 0.388. The lowest BCUT2D eigenvalue weighted by Crippen LogP contribution is -2.15. The van der Waals surface area contributed by atoms with Gasteiger partial charge in [-0.15, -0.1) is 11.8 Å². The number of furan rings is 1. The second kappa shape index (κ2) is 4.72. The van der Waals surface area contributed by atoms with Gasteiger partial charge in [0, 0.05) is 6.61 Å². The minimum atomic E-state index is 0.388. The van der Waals surface area contributed by atoms with E-state index in [0.29, 0.717) is 5.44 Å². The summed E-state index contributed by atoms with van der Waals surface area (Å²) in [5, 5.41) is 0. The van der Waals surface area contributed by atoms with Crippen LogP contribution >= 0.6 is 11.8 Å². The summed E-state index contributed by atoms with van der Waals surface area (Å²) >= 11 is 1.84. The van der Waals surface area contributed by atoms with Crippen molar-refractivity contribution < 1.29 is 9.15 Å². The lowest BCUT2D eigenvalue weighted by atomic mass is 10.2. The van der Waals surface area contributed by atoms with E-state index in [0.717, 1.165) is 18.1 Å². The molecule has 0 bridgehead atoms. The molecule has 1 saturated heterocycles. The van der Waals surface area contributed by atoms with Crippen molar-refractivity contribution in [2.75, 3.05) is 6.61 Å². The largest absolute Gasteiger partial charge is 0.468 e. The van der Waals surface area contributed by atoms with E-state index in [1.807, 2.05) is 23.9 Å². The van der Waals surface area contributed by atoms with Gasteiger partial charge < -0.3 is 9.15 Å². The lowest BCUT2D eigenvalue weighted by Gasteiger charge is -2.21. The average molecular weight is 198 g/mol. The van der Waals surface area contributed by atoms with Crippen molar-refractivity contribution in [3.05, 3.63) is 24.2 Å². The van der Waals surface area contributed by atoms with Crippen LogP contribution in [-0.2, 0) is 10.5 Å². The Morgan fingerprint density at radius 2 is 2.46 bits per heavy atom. The maximum atomic E-state index is 5.60. The average Bonchev–Trinajstić information content (AvgIpc) is 2.69. The molecule has 1 aliphatic rings. The maximum Gasteiger partial charge on any atom is 0.113 e. The summed E-state index contributed by atoms with van der Waals surface area (Å²) in [5.74, 6) is 1.97. The second-order valence-corrected chi connectivity index (χ2v) is 4.33. The summed E-state index contributed by atoms with van der Waals surface area (Å²) in [4.78, 5) is 0. The van der Waals surface area contributed by atoms with Crippen molar-refractivity contribution >= 4 is 11.8 Å². The van der Waals surface area contributed by atoms with Crippen molar-refractivity contribution in [1.82, 2.24) is 0 Å². The standard InChI is InChI=1S/C10H14O2S/c1-2-6-12-10(5-1)13-8-9-4-3-7-11-9/h3-4,7,10H,1-2,5-6,8H2. The Morgan fingerprint density at radius 1 is 1.46 bits per heavy atom. The number of ether oxygens (including phenoxy) is 1. The van der Waals surface area contributed by atoms with Crippen LogP contribution in [0.15, 0.2) is 22.8 Å². The number of thioether (sulfide) groups is 1. The molecule has 2 rings (SSSR count). The molecule has 0 spiro atoms. The molecule has 2 nitrogen and oxygen atoms in total. The SMILES string of the molecule is c1coc(CSC2CCCCO2)c1. The summed E-state index contributed by atoms with van der Waals surface area (Å²) in [7, 11) is 0. The van der Waals surface area contributed by atoms with E-state index in [9.17, 15) is 0 Å². The molecular formula is C10H14O2S. The first-order valence-corrected chi connectivity index (χ1v) is 5.75. The fourth-order valence-electron chi connectivity index (χ4n) is 1.41. The third kappa shape index (κ3) is 2.78. The predicted octanol–water partition coefficient (Wildman–Crippen LogP) is 3.04. The monoisotopic (exact) mass is 198 g/mol. The van der Waals surface area contributed by atoms with Gasteiger partial charge in [-0.25, -0.2) is 0 Å². The summed E-state index contributed by atoms with van der Waals surface area (Å²) in [6, 6.07) is 3.94. The highest BCUT2D eigenvalue weighted by Crippen LogP contribution is 2.26. The van der Waals surface area contributed by atoms with Gasteiger partial charge in [0.2, 0.25) is 0 Å².